The van der Waals surface area contributed by atoms with E-state index in [1.807, 2.05) is 0 Å². The van der Waals surface area contributed by atoms with Gasteiger partial charge < -0.3 is 5.11 Å². The van der Waals surface area contributed by atoms with E-state index in [9.17, 15) is 13.5 Å². The SMILES string of the molecule is CCCCCC[C@@H](CCCCC)[C@@H](CO)NS(=O)(=O)c1ccc(Br)s1. The van der Waals surface area contributed by atoms with Gasteiger partial charge in [-0.1, -0.05) is 58.8 Å². The molecule has 0 fully saturated rings. The summed E-state index contributed by atoms with van der Waals surface area (Å²) in [5.74, 6) is 0.187. The van der Waals surface area contributed by atoms with Crippen molar-refractivity contribution in [3.8, 4) is 0 Å². The fourth-order valence-corrected chi connectivity index (χ4v) is 6.34. The van der Waals surface area contributed by atoms with E-state index in [0.717, 1.165) is 42.3 Å². The highest BCUT2D eigenvalue weighted by molar-refractivity contribution is 9.11. The number of hydrogen-bond acceptors (Lipinski definition) is 4. The number of rotatable bonds is 14. The summed E-state index contributed by atoms with van der Waals surface area (Å²) in [7, 11) is -3.58. The zero-order valence-corrected chi connectivity index (χ0v) is 18.6. The zero-order valence-electron chi connectivity index (χ0n) is 15.3. The molecule has 25 heavy (non-hydrogen) atoms. The molecule has 0 spiro atoms. The molecule has 0 amide bonds. The molecule has 0 aromatic carbocycles. The topological polar surface area (TPSA) is 66.4 Å². The largest absolute Gasteiger partial charge is 0.395 e. The van der Waals surface area contributed by atoms with E-state index < -0.39 is 16.1 Å². The monoisotopic (exact) mass is 453 g/mol. The van der Waals surface area contributed by atoms with E-state index in [1.165, 1.54) is 30.6 Å². The maximum atomic E-state index is 12.6. The van der Waals surface area contributed by atoms with Crippen molar-refractivity contribution in [1.29, 1.82) is 0 Å². The molecule has 0 aliphatic heterocycles. The molecule has 1 aromatic rings. The first-order valence-electron chi connectivity index (χ1n) is 9.33. The molecule has 1 heterocycles. The van der Waals surface area contributed by atoms with Crippen LogP contribution >= 0.6 is 27.3 Å². The van der Waals surface area contributed by atoms with Crippen LogP contribution < -0.4 is 4.72 Å². The first kappa shape index (κ1) is 23.1. The van der Waals surface area contributed by atoms with Crippen LogP contribution in [-0.4, -0.2) is 26.2 Å². The zero-order chi connectivity index (χ0) is 18.7. The van der Waals surface area contributed by atoms with Gasteiger partial charge in [0.15, 0.2) is 0 Å². The van der Waals surface area contributed by atoms with Crippen LogP contribution in [-0.2, 0) is 10.0 Å². The molecule has 0 unspecified atom stereocenters. The lowest BCUT2D eigenvalue weighted by Crippen LogP contribution is -2.42. The molecule has 0 aliphatic carbocycles. The van der Waals surface area contributed by atoms with Gasteiger partial charge in [-0.15, -0.1) is 11.3 Å². The summed E-state index contributed by atoms with van der Waals surface area (Å²) in [5, 5.41) is 9.84. The van der Waals surface area contributed by atoms with Crippen LogP contribution in [0.4, 0.5) is 0 Å². The van der Waals surface area contributed by atoms with Gasteiger partial charge in [0.05, 0.1) is 10.4 Å². The minimum absolute atomic E-state index is 0.156. The fraction of sp³-hybridized carbons (Fsp3) is 0.778. The summed E-state index contributed by atoms with van der Waals surface area (Å²) in [6, 6.07) is 2.92. The lowest BCUT2D eigenvalue weighted by molar-refractivity contribution is 0.198. The van der Waals surface area contributed by atoms with Gasteiger partial charge in [-0.3, -0.25) is 0 Å². The molecule has 2 atom stereocenters. The van der Waals surface area contributed by atoms with Crippen molar-refractivity contribution in [2.75, 3.05) is 6.61 Å². The average Bonchev–Trinajstić information content (AvgIpc) is 3.02. The molecule has 0 radical (unpaired) electrons. The Bertz CT molecular complexity index is 575. The molecule has 2 N–H and O–H groups in total. The van der Waals surface area contributed by atoms with E-state index in [2.05, 4.69) is 34.5 Å². The van der Waals surface area contributed by atoms with Crippen molar-refractivity contribution < 1.29 is 13.5 Å². The predicted octanol–water partition coefficient (Wildman–Crippen LogP) is 5.32. The second-order valence-corrected chi connectivity index (χ2v) is 11.0. The van der Waals surface area contributed by atoms with E-state index in [4.69, 9.17) is 0 Å². The summed E-state index contributed by atoms with van der Waals surface area (Å²) >= 11 is 4.49. The number of hydrogen-bond donors (Lipinski definition) is 2. The van der Waals surface area contributed by atoms with Gasteiger partial charge in [-0.25, -0.2) is 13.1 Å². The molecular weight excluding hydrogens is 422 g/mol. The standard InChI is InChI=1S/C18H32BrNO3S2/c1-3-5-7-9-11-15(10-8-6-4-2)16(14-21)20-25(22,23)18-13-12-17(19)24-18/h12-13,15-16,20-21H,3-11,14H2,1-2H3/t15-,16-/m1/s1. The Morgan fingerprint density at radius 2 is 1.68 bits per heavy atom. The summed E-state index contributed by atoms with van der Waals surface area (Å²) in [6.45, 7) is 4.19. The van der Waals surface area contributed by atoms with Crippen LogP contribution in [0.1, 0.15) is 71.6 Å². The number of aliphatic hydroxyl groups excluding tert-OH is 1. The third-order valence-electron chi connectivity index (χ3n) is 4.49. The molecular formula is C18H32BrNO3S2. The molecule has 4 nitrogen and oxygen atoms in total. The van der Waals surface area contributed by atoms with Crippen molar-refractivity contribution in [2.45, 2.75) is 81.9 Å². The Labute approximate surface area is 165 Å². The summed E-state index contributed by atoms with van der Waals surface area (Å²) in [4.78, 5) is 0. The Morgan fingerprint density at radius 1 is 1.08 bits per heavy atom. The average molecular weight is 454 g/mol. The Hall–Kier alpha value is 0.0500. The van der Waals surface area contributed by atoms with Crippen molar-refractivity contribution in [3.63, 3.8) is 0 Å². The fourth-order valence-electron chi connectivity index (χ4n) is 3.02. The third-order valence-corrected chi connectivity index (χ3v) is 8.10. The number of unbranched alkanes of at least 4 members (excludes halogenated alkanes) is 5. The summed E-state index contributed by atoms with van der Waals surface area (Å²) in [6.07, 6.45) is 9.95. The quantitative estimate of drug-likeness (QED) is 0.374. The highest BCUT2D eigenvalue weighted by Gasteiger charge is 2.27. The van der Waals surface area contributed by atoms with Crippen LogP contribution in [0.25, 0.3) is 0 Å². The highest BCUT2D eigenvalue weighted by Crippen LogP contribution is 2.28. The smallest absolute Gasteiger partial charge is 0.250 e. The molecule has 1 rings (SSSR count). The molecule has 1 aromatic heterocycles. The minimum atomic E-state index is -3.58. The van der Waals surface area contributed by atoms with Crippen LogP contribution in [0, 0.1) is 5.92 Å². The molecule has 0 saturated heterocycles. The lowest BCUT2D eigenvalue weighted by atomic mass is 9.89. The number of sulfonamides is 1. The van der Waals surface area contributed by atoms with Crippen LogP contribution in [0.15, 0.2) is 20.1 Å². The van der Waals surface area contributed by atoms with Crippen LogP contribution in [0.3, 0.4) is 0 Å². The Balaban J connectivity index is 2.75. The van der Waals surface area contributed by atoms with E-state index in [0.29, 0.717) is 0 Å². The molecule has 0 aliphatic rings. The first-order chi connectivity index (χ1) is 11.9. The van der Waals surface area contributed by atoms with Crippen molar-refractivity contribution in [3.05, 3.63) is 15.9 Å². The van der Waals surface area contributed by atoms with Crippen LogP contribution in [0.2, 0.25) is 0 Å². The van der Waals surface area contributed by atoms with Crippen molar-refractivity contribution in [1.82, 2.24) is 4.72 Å². The molecule has 146 valence electrons. The molecule has 7 heteroatoms. The van der Waals surface area contributed by atoms with Gasteiger partial charge in [0, 0.05) is 6.04 Å². The number of aliphatic hydroxyl groups is 1. The molecule has 0 saturated carbocycles. The second kappa shape index (κ2) is 12.4. The number of thiophene rings is 1. The minimum Gasteiger partial charge on any atom is -0.395 e. The van der Waals surface area contributed by atoms with Gasteiger partial charge >= 0.3 is 0 Å². The van der Waals surface area contributed by atoms with Gasteiger partial charge in [-0.2, -0.15) is 0 Å². The highest BCUT2D eigenvalue weighted by atomic mass is 79.9. The van der Waals surface area contributed by atoms with E-state index in [1.54, 1.807) is 12.1 Å². The predicted molar refractivity (Wildman–Crippen MR) is 110 cm³/mol. The second-order valence-electron chi connectivity index (χ2n) is 6.57. The van der Waals surface area contributed by atoms with Crippen LogP contribution in [0.5, 0.6) is 0 Å². The van der Waals surface area contributed by atoms with Gasteiger partial charge in [0.1, 0.15) is 4.21 Å². The third kappa shape index (κ3) is 8.52. The number of halogens is 1. The normalized spacial score (nSPS) is 14.6. The van der Waals surface area contributed by atoms with Crippen molar-refractivity contribution in [2.24, 2.45) is 5.92 Å². The van der Waals surface area contributed by atoms with Gasteiger partial charge in [0.25, 0.3) is 0 Å². The van der Waals surface area contributed by atoms with Gasteiger partial charge in [0.2, 0.25) is 10.0 Å². The van der Waals surface area contributed by atoms with E-state index in [-0.39, 0.29) is 16.7 Å². The Morgan fingerprint density at radius 3 is 2.20 bits per heavy atom. The maximum Gasteiger partial charge on any atom is 0.250 e. The van der Waals surface area contributed by atoms with Gasteiger partial charge in [-0.05, 0) is 46.8 Å². The maximum absolute atomic E-state index is 12.6. The van der Waals surface area contributed by atoms with Crippen molar-refractivity contribution >= 4 is 37.3 Å². The number of nitrogens with one attached hydrogen (secondary N) is 1. The lowest BCUT2D eigenvalue weighted by Gasteiger charge is -2.26. The van der Waals surface area contributed by atoms with E-state index >= 15 is 0 Å². The Kier molecular flexibility index (Phi) is 11.5. The first-order valence-corrected chi connectivity index (χ1v) is 12.4. The summed E-state index contributed by atoms with van der Waals surface area (Å²) < 4.78 is 29.0. The molecule has 0 bridgehead atoms. The summed E-state index contributed by atoms with van der Waals surface area (Å²) in [5.41, 5.74) is 0.